The van der Waals surface area contributed by atoms with E-state index in [9.17, 15) is 13.2 Å². The van der Waals surface area contributed by atoms with Gasteiger partial charge < -0.3 is 0 Å². The van der Waals surface area contributed by atoms with E-state index in [1.54, 1.807) is 0 Å². The van der Waals surface area contributed by atoms with Gasteiger partial charge in [0.1, 0.15) is 0 Å². The van der Waals surface area contributed by atoms with Crippen molar-refractivity contribution in [3.05, 3.63) is 65.2 Å². The highest BCUT2D eigenvalue weighted by atomic mass is 32.2. The molecule has 0 spiro atoms. The van der Waals surface area contributed by atoms with E-state index in [0.717, 1.165) is 11.1 Å². The summed E-state index contributed by atoms with van der Waals surface area (Å²) < 4.78 is 26.7. The van der Waals surface area contributed by atoms with Crippen LogP contribution in [0, 0.1) is 24.2 Å². The van der Waals surface area contributed by atoms with Crippen LogP contribution >= 0.6 is 0 Å². The SMILES string of the molecule is Cc1cccc([C@H]2C[C@H]2C(=O)NS(=O)(=O)c2ccc(C#N)cc2)c1. The van der Waals surface area contributed by atoms with Crippen molar-refractivity contribution in [2.75, 3.05) is 0 Å². The van der Waals surface area contributed by atoms with Gasteiger partial charge >= 0.3 is 0 Å². The van der Waals surface area contributed by atoms with Crippen molar-refractivity contribution < 1.29 is 13.2 Å². The predicted octanol–water partition coefficient (Wildman–Crippen LogP) is 2.48. The number of nitriles is 1. The summed E-state index contributed by atoms with van der Waals surface area (Å²) in [5, 5.41) is 8.75. The second-order valence-corrected chi connectivity index (χ2v) is 7.65. The summed E-state index contributed by atoms with van der Waals surface area (Å²) >= 11 is 0. The number of hydrogen-bond donors (Lipinski definition) is 1. The molecule has 122 valence electrons. The van der Waals surface area contributed by atoms with Gasteiger partial charge in [0.15, 0.2) is 0 Å². The summed E-state index contributed by atoms with van der Waals surface area (Å²) in [4.78, 5) is 12.2. The molecule has 2 atom stereocenters. The van der Waals surface area contributed by atoms with Crippen LogP contribution < -0.4 is 4.72 Å². The third-order valence-electron chi connectivity index (χ3n) is 4.13. The van der Waals surface area contributed by atoms with Gasteiger partial charge in [-0.05, 0) is 49.1 Å². The second-order valence-electron chi connectivity index (χ2n) is 5.97. The van der Waals surface area contributed by atoms with Crippen molar-refractivity contribution in [2.24, 2.45) is 5.92 Å². The fourth-order valence-electron chi connectivity index (χ4n) is 2.73. The molecule has 1 N–H and O–H groups in total. The first kappa shape index (κ1) is 16.2. The maximum absolute atomic E-state index is 12.3. The van der Waals surface area contributed by atoms with Crippen molar-refractivity contribution in [1.29, 1.82) is 5.26 Å². The normalized spacial score (nSPS) is 19.3. The largest absolute Gasteiger partial charge is 0.274 e. The van der Waals surface area contributed by atoms with Crippen LogP contribution in [0.15, 0.2) is 53.4 Å². The topological polar surface area (TPSA) is 87.0 Å². The molecule has 6 heteroatoms. The molecular weight excluding hydrogens is 324 g/mol. The minimum absolute atomic E-state index is 0.0254. The average Bonchev–Trinajstić information content (AvgIpc) is 3.35. The zero-order valence-corrected chi connectivity index (χ0v) is 13.9. The van der Waals surface area contributed by atoms with E-state index in [0.29, 0.717) is 12.0 Å². The van der Waals surface area contributed by atoms with Crippen LogP contribution in [-0.4, -0.2) is 14.3 Å². The fraction of sp³-hybridized carbons (Fsp3) is 0.222. The lowest BCUT2D eigenvalue weighted by Gasteiger charge is -2.07. The third-order valence-corrected chi connectivity index (χ3v) is 5.49. The Bertz CT molecular complexity index is 927. The van der Waals surface area contributed by atoms with E-state index >= 15 is 0 Å². The molecule has 0 unspecified atom stereocenters. The van der Waals surface area contributed by atoms with Gasteiger partial charge in [-0.25, -0.2) is 13.1 Å². The molecule has 0 heterocycles. The first-order chi connectivity index (χ1) is 11.4. The molecule has 0 aromatic heterocycles. The van der Waals surface area contributed by atoms with E-state index in [1.165, 1.54) is 24.3 Å². The van der Waals surface area contributed by atoms with Crippen LogP contribution in [0.25, 0.3) is 0 Å². The summed E-state index contributed by atoms with van der Waals surface area (Å²) in [6, 6.07) is 15.3. The van der Waals surface area contributed by atoms with E-state index in [1.807, 2.05) is 37.3 Å². The summed E-state index contributed by atoms with van der Waals surface area (Å²) in [5.74, 6) is -0.730. The lowest BCUT2D eigenvalue weighted by Crippen LogP contribution is -2.32. The minimum Gasteiger partial charge on any atom is -0.274 e. The van der Waals surface area contributed by atoms with Crippen molar-refractivity contribution in [3.63, 3.8) is 0 Å². The van der Waals surface area contributed by atoms with Crippen LogP contribution in [0.4, 0.5) is 0 Å². The first-order valence-electron chi connectivity index (χ1n) is 7.54. The lowest BCUT2D eigenvalue weighted by molar-refractivity contribution is -0.120. The molecule has 1 aliphatic rings. The molecule has 0 bridgehead atoms. The summed E-state index contributed by atoms with van der Waals surface area (Å²) in [7, 11) is -3.91. The van der Waals surface area contributed by atoms with Gasteiger partial charge in [0.2, 0.25) is 5.91 Å². The molecule has 3 rings (SSSR count). The van der Waals surface area contributed by atoms with E-state index in [2.05, 4.69) is 4.72 Å². The number of rotatable bonds is 4. The van der Waals surface area contributed by atoms with Gasteiger partial charge in [-0.15, -0.1) is 0 Å². The smallest absolute Gasteiger partial charge is 0.264 e. The Balaban J connectivity index is 1.70. The van der Waals surface area contributed by atoms with Gasteiger partial charge in [0.05, 0.1) is 16.5 Å². The molecule has 0 aliphatic heterocycles. The number of carbonyl (C=O) groups excluding carboxylic acids is 1. The predicted molar refractivity (Wildman–Crippen MR) is 88.5 cm³/mol. The van der Waals surface area contributed by atoms with Crippen LogP contribution in [0.5, 0.6) is 0 Å². The summed E-state index contributed by atoms with van der Waals surface area (Å²) in [5.41, 5.74) is 2.54. The van der Waals surface area contributed by atoms with Crippen molar-refractivity contribution in [1.82, 2.24) is 4.72 Å². The quantitative estimate of drug-likeness (QED) is 0.926. The van der Waals surface area contributed by atoms with Crippen LogP contribution in [0.3, 0.4) is 0 Å². The molecule has 1 fully saturated rings. The third kappa shape index (κ3) is 3.31. The number of sulfonamides is 1. The number of aryl methyl sites for hydroxylation is 1. The summed E-state index contributed by atoms with van der Waals surface area (Å²) in [6.07, 6.45) is 0.651. The van der Waals surface area contributed by atoms with Crippen LogP contribution in [0.2, 0.25) is 0 Å². The molecule has 0 saturated heterocycles. The van der Waals surface area contributed by atoms with Crippen LogP contribution in [0.1, 0.15) is 29.0 Å². The second kappa shape index (κ2) is 6.10. The Labute approximate surface area is 141 Å². The lowest BCUT2D eigenvalue weighted by atomic mass is 10.1. The minimum atomic E-state index is -3.91. The Morgan fingerprint density at radius 1 is 1.21 bits per heavy atom. The number of benzene rings is 2. The Morgan fingerprint density at radius 3 is 2.54 bits per heavy atom. The molecule has 1 aliphatic carbocycles. The highest BCUT2D eigenvalue weighted by molar-refractivity contribution is 7.90. The summed E-state index contributed by atoms with van der Waals surface area (Å²) in [6.45, 7) is 1.98. The van der Waals surface area contributed by atoms with Crippen molar-refractivity contribution in [2.45, 2.75) is 24.2 Å². The highest BCUT2D eigenvalue weighted by Crippen LogP contribution is 2.47. The monoisotopic (exact) mass is 340 g/mol. The van der Waals surface area contributed by atoms with Gasteiger partial charge in [-0.3, -0.25) is 4.79 Å². The van der Waals surface area contributed by atoms with E-state index < -0.39 is 15.9 Å². The Morgan fingerprint density at radius 2 is 1.92 bits per heavy atom. The van der Waals surface area contributed by atoms with Crippen LogP contribution in [-0.2, 0) is 14.8 Å². The molecular formula is C18H16N2O3S. The van der Waals surface area contributed by atoms with Gasteiger partial charge in [0.25, 0.3) is 10.0 Å². The molecule has 1 amide bonds. The van der Waals surface area contributed by atoms with E-state index in [4.69, 9.17) is 5.26 Å². The zero-order chi connectivity index (χ0) is 17.3. The fourth-order valence-corrected chi connectivity index (χ4v) is 3.76. The number of hydrogen-bond acceptors (Lipinski definition) is 4. The first-order valence-corrected chi connectivity index (χ1v) is 9.02. The number of nitrogens with one attached hydrogen (secondary N) is 1. The van der Waals surface area contributed by atoms with Gasteiger partial charge in [-0.1, -0.05) is 29.8 Å². The zero-order valence-electron chi connectivity index (χ0n) is 13.1. The molecule has 2 aromatic rings. The number of carbonyl (C=O) groups is 1. The maximum atomic E-state index is 12.3. The Kier molecular flexibility index (Phi) is 4.12. The maximum Gasteiger partial charge on any atom is 0.264 e. The standard InChI is InChI=1S/C18H16N2O3S/c1-12-3-2-4-14(9-12)16-10-17(16)18(21)20-24(22,23)15-7-5-13(11-19)6-8-15/h2-9,16-17H,10H2,1H3,(H,20,21)/t16-,17-/m1/s1. The van der Waals surface area contributed by atoms with E-state index in [-0.39, 0.29) is 16.7 Å². The molecule has 5 nitrogen and oxygen atoms in total. The van der Waals surface area contributed by atoms with Crippen molar-refractivity contribution in [3.8, 4) is 6.07 Å². The highest BCUT2D eigenvalue weighted by Gasteiger charge is 2.45. The number of nitrogens with zero attached hydrogens (tertiary/aromatic N) is 1. The molecule has 1 saturated carbocycles. The molecule has 2 aromatic carbocycles. The van der Waals surface area contributed by atoms with Gasteiger partial charge in [0, 0.05) is 5.92 Å². The van der Waals surface area contributed by atoms with Crippen molar-refractivity contribution >= 4 is 15.9 Å². The number of amides is 1. The average molecular weight is 340 g/mol. The molecule has 0 radical (unpaired) electrons. The Hall–Kier alpha value is -2.65. The molecule has 24 heavy (non-hydrogen) atoms. The van der Waals surface area contributed by atoms with Gasteiger partial charge in [-0.2, -0.15) is 5.26 Å².